The van der Waals surface area contributed by atoms with Crippen LogP contribution in [0.4, 0.5) is 10.1 Å². The van der Waals surface area contributed by atoms with Gasteiger partial charge in [-0.2, -0.15) is 5.10 Å². The van der Waals surface area contributed by atoms with Gasteiger partial charge in [0.05, 0.1) is 34.7 Å². The number of hydrogen-bond donors (Lipinski definition) is 4. The average molecular weight is 560 g/mol. The number of halogens is 1. The molecule has 0 amide bonds. The first-order chi connectivity index (χ1) is 19.9. The molecule has 0 bridgehead atoms. The normalized spacial score (nSPS) is 16.1. The number of aromatic nitrogens is 3. The Hall–Kier alpha value is -4.11. The quantitative estimate of drug-likeness (QED) is 0.228. The smallest absolute Gasteiger partial charge is 0.162 e. The molecular formula is C32H42FN7O. The number of fused-ring (bicyclic) bond motifs is 2. The van der Waals surface area contributed by atoms with Crippen LogP contribution in [0.25, 0.3) is 17.0 Å². The summed E-state index contributed by atoms with van der Waals surface area (Å²) < 4.78 is 20.9. The fourth-order valence-electron chi connectivity index (χ4n) is 4.82. The monoisotopic (exact) mass is 559 g/mol. The highest BCUT2D eigenvalue weighted by molar-refractivity contribution is 5.69. The van der Waals surface area contributed by atoms with Crippen molar-refractivity contribution in [1.82, 2.24) is 30.5 Å². The average Bonchev–Trinajstić information content (AvgIpc) is 3.69. The van der Waals surface area contributed by atoms with Crippen molar-refractivity contribution in [1.29, 1.82) is 0 Å². The molecule has 2 aromatic heterocycles. The lowest BCUT2D eigenvalue weighted by atomic mass is 10.1. The lowest BCUT2D eigenvalue weighted by Gasteiger charge is -2.22. The minimum atomic E-state index is -0.666. The molecule has 41 heavy (non-hydrogen) atoms. The van der Waals surface area contributed by atoms with E-state index in [1.54, 1.807) is 10.6 Å². The molecule has 1 atom stereocenters. The number of allylic oxidation sites excluding steroid dienone is 1. The van der Waals surface area contributed by atoms with Gasteiger partial charge in [0, 0.05) is 29.9 Å². The Kier molecular flexibility index (Phi) is 10.2. The molecule has 0 saturated heterocycles. The summed E-state index contributed by atoms with van der Waals surface area (Å²) in [6, 6.07) is 8.68. The molecule has 9 heteroatoms. The molecule has 0 spiro atoms. The third-order valence-electron chi connectivity index (χ3n) is 7.40. The van der Waals surface area contributed by atoms with E-state index in [-0.39, 0.29) is 6.04 Å². The van der Waals surface area contributed by atoms with E-state index in [0.717, 1.165) is 28.7 Å². The molecule has 5 rings (SSSR count). The van der Waals surface area contributed by atoms with Gasteiger partial charge in [0.15, 0.2) is 5.65 Å². The number of benzene rings is 1. The van der Waals surface area contributed by atoms with Gasteiger partial charge in [-0.25, -0.2) is 13.9 Å². The number of alkyl halides is 1. The Morgan fingerprint density at radius 2 is 2.02 bits per heavy atom. The molecule has 1 aromatic carbocycles. The van der Waals surface area contributed by atoms with E-state index in [1.807, 2.05) is 44.2 Å². The zero-order chi connectivity index (χ0) is 29.4. The van der Waals surface area contributed by atoms with Gasteiger partial charge in [0.1, 0.15) is 19.0 Å². The van der Waals surface area contributed by atoms with Crippen LogP contribution < -0.4 is 26.0 Å². The highest BCUT2D eigenvalue weighted by atomic mass is 19.1. The van der Waals surface area contributed by atoms with Gasteiger partial charge in [0.2, 0.25) is 0 Å². The molecular weight excluding hydrogens is 517 g/mol. The van der Waals surface area contributed by atoms with E-state index in [9.17, 15) is 4.39 Å². The van der Waals surface area contributed by atoms with Crippen molar-refractivity contribution >= 4 is 22.7 Å². The van der Waals surface area contributed by atoms with Gasteiger partial charge in [-0.3, -0.25) is 0 Å². The third kappa shape index (κ3) is 7.35. The van der Waals surface area contributed by atoms with Gasteiger partial charge in [-0.05, 0) is 57.5 Å². The minimum absolute atomic E-state index is 0.00127. The zero-order valence-electron chi connectivity index (χ0n) is 24.4. The summed E-state index contributed by atoms with van der Waals surface area (Å²) >= 11 is 0. The van der Waals surface area contributed by atoms with Crippen LogP contribution in [0.15, 0.2) is 68.0 Å². The van der Waals surface area contributed by atoms with Crippen molar-refractivity contribution in [3.05, 3.63) is 90.6 Å². The van der Waals surface area contributed by atoms with Crippen LogP contribution in [0.2, 0.25) is 0 Å². The first-order valence-electron chi connectivity index (χ1n) is 14.2. The standard InChI is InChI=1S/C26H29FN6O.C6H13N/c1-6-16(3)30-18(5)24-11-22(32-26-20(12-27)14-29-33(24)26)17(4)28-13-19-8-9-25-23(10-19)31-21(7-2)15-34-25;1-7-6-4-2-3-5-6/h6-11,14,16,28,30-31H,1,4-5,12-13,15H2,2-3H3;6-7H,2-5H2,1H3. The zero-order valence-corrected chi connectivity index (χ0v) is 24.4. The summed E-state index contributed by atoms with van der Waals surface area (Å²) in [5, 5.41) is 17.5. The Bertz CT molecular complexity index is 1420. The molecule has 3 aromatic rings. The fourth-order valence-corrected chi connectivity index (χ4v) is 4.82. The molecule has 0 radical (unpaired) electrons. The predicted octanol–water partition coefficient (Wildman–Crippen LogP) is 5.95. The first-order valence-corrected chi connectivity index (χ1v) is 14.2. The number of hydrogen-bond acceptors (Lipinski definition) is 7. The molecule has 1 aliphatic heterocycles. The molecule has 3 heterocycles. The highest BCUT2D eigenvalue weighted by Crippen LogP contribution is 2.31. The summed E-state index contributed by atoms with van der Waals surface area (Å²) in [4.78, 5) is 4.62. The van der Waals surface area contributed by atoms with Crippen LogP contribution in [0.5, 0.6) is 5.75 Å². The van der Waals surface area contributed by atoms with E-state index in [1.165, 1.54) is 31.9 Å². The number of rotatable bonds is 10. The lowest BCUT2D eigenvalue weighted by molar-refractivity contribution is 0.345. The topological polar surface area (TPSA) is 87.5 Å². The molecule has 1 fully saturated rings. The van der Waals surface area contributed by atoms with Crippen molar-refractivity contribution in [2.24, 2.45) is 0 Å². The third-order valence-corrected chi connectivity index (χ3v) is 7.40. The summed E-state index contributed by atoms with van der Waals surface area (Å²) in [7, 11) is 2.05. The molecule has 4 N–H and O–H groups in total. The van der Waals surface area contributed by atoms with Crippen molar-refractivity contribution in [3.63, 3.8) is 0 Å². The second-order valence-electron chi connectivity index (χ2n) is 10.4. The van der Waals surface area contributed by atoms with Gasteiger partial charge in [0.25, 0.3) is 0 Å². The van der Waals surface area contributed by atoms with Crippen LogP contribution in [-0.4, -0.2) is 40.3 Å². The maximum atomic E-state index is 13.6. The van der Waals surface area contributed by atoms with Crippen molar-refractivity contribution < 1.29 is 9.13 Å². The maximum absolute atomic E-state index is 13.6. The summed E-state index contributed by atoms with van der Waals surface area (Å²) in [6.45, 7) is 16.4. The fraction of sp³-hybridized carbons (Fsp3) is 0.375. The molecule has 1 aliphatic carbocycles. The number of nitrogens with zero attached hydrogens (tertiary/aromatic N) is 3. The van der Waals surface area contributed by atoms with E-state index >= 15 is 0 Å². The molecule has 1 unspecified atom stereocenters. The number of ether oxygens (including phenoxy) is 1. The number of anilines is 1. The molecule has 2 aliphatic rings. The predicted molar refractivity (Wildman–Crippen MR) is 166 cm³/mol. The molecule has 218 valence electrons. The minimum Gasteiger partial charge on any atom is -0.485 e. The first kappa shape index (κ1) is 29.9. The molecule has 1 saturated carbocycles. The van der Waals surface area contributed by atoms with Crippen molar-refractivity contribution in [3.8, 4) is 5.75 Å². The van der Waals surface area contributed by atoms with Crippen LogP contribution in [-0.2, 0) is 13.2 Å². The van der Waals surface area contributed by atoms with Crippen LogP contribution in [0, 0.1) is 0 Å². The largest absolute Gasteiger partial charge is 0.485 e. The lowest BCUT2D eigenvalue weighted by Crippen LogP contribution is -2.23. The van der Waals surface area contributed by atoms with Crippen molar-refractivity contribution in [2.45, 2.75) is 64.8 Å². The van der Waals surface area contributed by atoms with E-state index < -0.39 is 6.67 Å². The Balaban J connectivity index is 0.000000483. The Morgan fingerprint density at radius 3 is 2.68 bits per heavy atom. The second-order valence-corrected chi connectivity index (χ2v) is 10.4. The van der Waals surface area contributed by atoms with Gasteiger partial charge < -0.3 is 26.0 Å². The SMILES string of the molecule is C=CC(C)NC(=C)c1cc(C(=C)NCc2ccc3c(c2)NC(=CC)CO3)nc2c(CF)cnn12.CNC1CCCC1. The number of nitrogens with one attached hydrogen (secondary N) is 4. The Morgan fingerprint density at radius 1 is 1.24 bits per heavy atom. The van der Waals surface area contributed by atoms with E-state index in [4.69, 9.17) is 4.74 Å². The second kappa shape index (κ2) is 14.0. The van der Waals surface area contributed by atoms with Crippen LogP contribution >= 0.6 is 0 Å². The van der Waals surface area contributed by atoms with E-state index in [2.05, 4.69) is 58.1 Å². The maximum Gasteiger partial charge on any atom is 0.162 e. The summed E-state index contributed by atoms with van der Waals surface area (Å²) in [5.74, 6) is 0.823. The van der Waals surface area contributed by atoms with E-state index in [0.29, 0.717) is 47.1 Å². The Labute approximate surface area is 242 Å². The van der Waals surface area contributed by atoms with Crippen LogP contribution in [0.3, 0.4) is 0 Å². The summed E-state index contributed by atoms with van der Waals surface area (Å²) in [5.41, 5.74) is 6.33. The van der Waals surface area contributed by atoms with Gasteiger partial charge in [-0.15, -0.1) is 6.58 Å². The van der Waals surface area contributed by atoms with Gasteiger partial charge in [-0.1, -0.05) is 44.2 Å². The van der Waals surface area contributed by atoms with Crippen molar-refractivity contribution in [2.75, 3.05) is 19.0 Å². The highest BCUT2D eigenvalue weighted by Gasteiger charge is 2.17. The van der Waals surface area contributed by atoms with Gasteiger partial charge >= 0.3 is 0 Å². The van der Waals surface area contributed by atoms with Crippen LogP contribution in [0.1, 0.15) is 62.0 Å². The summed E-state index contributed by atoms with van der Waals surface area (Å²) in [6.07, 6.45) is 10.9. The molecule has 8 nitrogen and oxygen atoms in total.